The van der Waals surface area contributed by atoms with Gasteiger partial charge < -0.3 is 14.8 Å². The quantitative estimate of drug-likeness (QED) is 0.707. The van der Waals surface area contributed by atoms with Crippen molar-refractivity contribution in [1.29, 1.82) is 0 Å². The van der Waals surface area contributed by atoms with Gasteiger partial charge in [-0.2, -0.15) is 0 Å². The van der Waals surface area contributed by atoms with Gasteiger partial charge in [-0.15, -0.1) is 0 Å². The molecule has 3 nitrogen and oxygen atoms in total. The smallest absolute Gasteiger partial charge is 0.0456 e. The van der Waals surface area contributed by atoms with E-state index in [2.05, 4.69) is 84.3 Å². The van der Waals surface area contributed by atoms with E-state index in [-0.39, 0.29) is 0 Å². The summed E-state index contributed by atoms with van der Waals surface area (Å²) in [6.45, 7) is 4.77. The van der Waals surface area contributed by atoms with Crippen LogP contribution in [0.15, 0.2) is 48.5 Å². The molecule has 0 spiro atoms. The highest BCUT2D eigenvalue weighted by atomic mass is 15.2. The lowest BCUT2D eigenvalue weighted by atomic mass is 10.0. The first-order chi connectivity index (χ1) is 12.6. The molecule has 0 amide bonds. The summed E-state index contributed by atoms with van der Waals surface area (Å²) in [6.07, 6.45) is 3.80. The van der Waals surface area contributed by atoms with Gasteiger partial charge in [0.25, 0.3) is 0 Å². The van der Waals surface area contributed by atoms with E-state index < -0.39 is 0 Å². The summed E-state index contributed by atoms with van der Waals surface area (Å²) in [7, 11) is 4.15. The second-order valence-corrected chi connectivity index (χ2v) is 7.82. The maximum absolute atomic E-state index is 3.60. The standard InChI is InChI=1S/C23H29N3/c1-17-5-4-13-26(17)14-12-21-16-20-15-19(8-11-23(20)24-21)18-6-9-22(10-7-18)25(2)3/h6-11,15-17,24H,4-5,12-14H2,1-3H3/t17-/m1/s1. The lowest BCUT2D eigenvalue weighted by Gasteiger charge is -2.20. The Labute approximate surface area is 156 Å². The van der Waals surface area contributed by atoms with E-state index in [1.807, 2.05) is 0 Å². The van der Waals surface area contributed by atoms with Crippen LogP contribution >= 0.6 is 0 Å². The van der Waals surface area contributed by atoms with Crippen molar-refractivity contribution >= 4 is 16.6 Å². The SMILES string of the molecule is C[C@@H]1CCCN1CCc1cc2cc(-c3ccc(N(C)C)cc3)ccc2[nH]1. The zero-order valence-corrected chi connectivity index (χ0v) is 16.1. The molecule has 1 atom stereocenters. The highest BCUT2D eigenvalue weighted by molar-refractivity contribution is 5.86. The summed E-state index contributed by atoms with van der Waals surface area (Å²) in [6, 6.07) is 18.6. The summed E-state index contributed by atoms with van der Waals surface area (Å²) in [5, 5.41) is 1.31. The minimum absolute atomic E-state index is 0.746. The van der Waals surface area contributed by atoms with Crippen molar-refractivity contribution in [2.45, 2.75) is 32.2 Å². The predicted molar refractivity (Wildman–Crippen MR) is 112 cm³/mol. The van der Waals surface area contributed by atoms with Crippen molar-refractivity contribution in [2.24, 2.45) is 0 Å². The van der Waals surface area contributed by atoms with Gasteiger partial charge in [-0.05, 0) is 67.8 Å². The summed E-state index contributed by atoms with van der Waals surface area (Å²) in [5.41, 5.74) is 6.37. The number of anilines is 1. The first-order valence-electron chi connectivity index (χ1n) is 9.73. The van der Waals surface area contributed by atoms with Gasteiger partial charge in [0.1, 0.15) is 0 Å². The molecule has 0 bridgehead atoms. The Bertz CT molecular complexity index is 876. The number of hydrogen-bond donors (Lipinski definition) is 1. The van der Waals surface area contributed by atoms with Gasteiger partial charge in [0, 0.05) is 55.4 Å². The van der Waals surface area contributed by atoms with Crippen LogP contribution in [0.3, 0.4) is 0 Å². The molecule has 4 rings (SSSR count). The van der Waals surface area contributed by atoms with Crippen molar-refractivity contribution < 1.29 is 0 Å². The zero-order valence-electron chi connectivity index (χ0n) is 16.1. The van der Waals surface area contributed by atoms with E-state index in [1.54, 1.807) is 0 Å². The molecule has 1 aliphatic heterocycles. The molecule has 0 aliphatic carbocycles. The third-order valence-electron chi connectivity index (χ3n) is 5.75. The molecule has 26 heavy (non-hydrogen) atoms. The van der Waals surface area contributed by atoms with Crippen LogP contribution in [0.1, 0.15) is 25.5 Å². The topological polar surface area (TPSA) is 22.3 Å². The average Bonchev–Trinajstić information content (AvgIpc) is 3.24. The van der Waals surface area contributed by atoms with Crippen molar-refractivity contribution in [3.05, 3.63) is 54.2 Å². The van der Waals surface area contributed by atoms with E-state index in [0.717, 1.165) is 19.0 Å². The third-order valence-corrected chi connectivity index (χ3v) is 5.75. The van der Waals surface area contributed by atoms with Crippen molar-refractivity contribution in [1.82, 2.24) is 9.88 Å². The summed E-state index contributed by atoms with van der Waals surface area (Å²) in [5.74, 6) is 0. The van der Waals surface area contributed by atoms with Gasteiger partial charge in [-0.3, -0.25) is 0 Å². The number of likely N-dealkylation sites (tertiary alicyclic amines) is 1. The zero-order chi connectivity index (χ0) is 18.1. The van der Waals surface area contributed by atoms with Gasteiger partial charge in [-0.25, -0.2) is 0 Å². The number of nitrogens with zero attached hydrogens (tertiary/aromatic N) is 2. The number of aromatic amines is 1. The van der Waals surface area contributed by atoms with Crippen LogP contribution < -0.4 is 4.90 Å². The second kappa shape index (κ2) is 7.16. The third kappa shape index (κ3) is 3.49. The number of H-pyrrole nitrogens is 1. The lowest BCUT2D eigenvalue weighted by Crippen LogP contribution is -2.29. The van der Waals surface area contributed by atoms with Crippen LogP contribution in [0.25, 0.3) is 22.0 Å². The van der Waals surface area contributed by atoms with E-state index in [9.17, 15) is 0 Å². The molecule has 0 saturated carbocycles. The van der Waals surface area contributed by atoms with Crippen molar-refractivity contribution in [2.75, 3.05) is 32.1 Å². The van der Waals surface area contributed by atoms with Crippen LogP contribution in [0, 0.1) is 0 Å². The van der Waals surface area contributed by atoms with Gasteiger partial charge in [0.2, 0.25) is 0 Å². The molecule has 2 heterocycles. The molecule has 1 aliphatic rings. The molecular weight excluding hydrogens is 318 g/mol. The number of hydrogen-bond acceptors (Lipinski definition) is 2. The van der Waals surface area contributed by atoms with Crippen LogP contribution in [-0.2, 0) is 6.42 Å². The number of rotatable bonds is 5. The molecular formula is C23H29N3. The Hall–Kier alpha value is -2.26. The molecule has 1 aromatic heterocycles. The fourth-order valence-corrected chi connectivity index (χ4v) is 4.05. The average molecular weight is 348 g/mol. The second-order valence-electron chi connectivity index (χ2n) is 7.82. The van der Waals surface area contributed by atoms with E-state index in [1.165, 1.54) is 52.8 Å². The van der Waals surface area contributed by atoms with Crippen LogP contribution in [0.4, 0.5) is 5.69 Å². The van der Waals surface area contributed by atoms with Gasteiger partial charge in [0.15, 0.2) is 0 Å². The first kappa shape index (κ1) is 17.2. The molecule has 2 aromatic carbocycles. The Balaban J connectivity index is 1.51. The monoisotopic (exact) mass is 347 g/mol. The van der Waals surface area contributed by atoms with Gasteiger partial charge in [0.05, 0.1) is 0 Å². The number of benzene rings is 2. The minimum atomic E-state index is 0.746. The molecule has 1 N–H and O–H groups in total. The van der Waals surface area contributed by atoms with E-state index in [0.29, 0.717) is 0 Å². The fraction of sp³-hybridized carbons (Fsp3) is 0.391. The van der Waals surface area contributed by atoms with Gasteiger partial charge in [-0.1, -0.05) is 18.2 Å². The van der Waals surface area contributed by atoms with E-state index in [4.69, 9.17) is 0 Å². The Morgan fingerprint density at radius 3 is 2.50 bits per heavy atom. The lowest BCUT2D eigenvalue weighted by molar-refractivity contribution is 0.271. The highest BCUT2D eigenvalue weighted by Gasteiger charge is 2.19. The van der Waals surface area contributed by atoms with E-state index >= 15 is 0 Å². The summed E-state index contributed by atoms with van der Waals surface area (Å²) in [4.78, 5) is 8.35. The van der Waals surface area contributed by atoms with Crippen LogP contribution in [-0.4, -0.2) is 43.1 Å². The van der Waals surface area contributed by atoms with Crippen LogP contribution in [0.5, 0.6) is 0 Å². The van der Waals surface area contributed by atoms with Crippen LogP contribution in [0.2, 0.25) is 0 Å². The normalized spacial score (nSPS) is 17.9. The molecule has 1 saturated heterocycles. The maximum Gasteiger partial charge on any atom is 0.0456 e. The molecule has 0 unspecified atom stereocenters. The number of fused-ring (bicyclic) bond motifs is 1. The van der Waals surface area contributed by atoms with Crippen molar-refractivity contribution in [3.8, 4) is 11.1 Å². The first-order valence-corrected chi connectivity index (χ1v) is 9.73. The minimum Gasteiger partial charge on any atom is -0.378 e. The molecule has 3 aromatic rings. The molecule has 136 valence electrons. The maximum atomic E-state index is 3.60. The highest BCUT2D eigenvalue weighted by Crippen LogP contribution is 2.27. The summed E-state index contributed by atoms with van der Waals surface area (Å²) < 4.78 is 0. The Kier molecular flexibility index (Phi) is 4.73. The summed E-state index contributed by atoms with van der Waals surface area (Å²) >= 11 is 0. The molecule has 1 fully saturated rings. The largest absolute Gasteiger partial charge is 0.378 e. The fourth-order valence-electron chi connectivity index (χ4n) is 4.05. The van der Waals surface area contributed by atoms with Crippen molar-refractivity contribution in [3.63, 3.8) is 0 Å². The molecule has 3 heteroatoms. The predicted octanol–water partition coefficient (Wildman–Crippen LogP) is 4.93. The Morgan fingerprint density at radius 1 is 1.04 bits per heavy atom. The number of nitrogens with one attached hydrogen (secondary N) is 1. The number of aromatic nitrogens is 1. The Morgan fingerprint density at radius 2 is 1.81 bits per heavy atom. The van der Waals surface area contributed by atoms with Gasteiger partial charge >= 0.3 is 0 Å². The molecule has 0 radical (unpaired) electrons.